The van der Waals surface area contributed by atoms with Crippen molar-refractivity contribution < 1.29 is 14.6 Å². The molecule has 0 aromatic heterocycles. The Balaban J connectivity index is 2.61. The van der Waals surface area contributed by atoms with Gasteiger partial charge in [-0.2, -0.15) is 0 Å². The maximum absolute atomic E-state index is 10.5. The molecule has 1 rings (SSSR count). The van der Waals surface area contributed by atoms with Gasteiger partial charge in [0, 0.05) is 5.54 Å². The zero-order valence-electron chi connectivity index (χ0n) is 8.02. The number of carboxylic acid groups (broad SMARTS) is 1. The van der Waals surface area contributed by atoms with Crippen molar-refractivity contribution in [1.29, 1.82) is 0 Å². The van der Waals surface area contributed by atoms with Crippen molar-refractivity contribution in [2.75, 3.05) is 6.61 Å². The molecule has 0 aliphatic heterocycles. The Morgan fingerprint density at radius 3 is 3.00 bits per heavy atom. The van der Waals surface area contributed by atoms with E-state index >= 15 is 0 Å². The number of benzene rings is 1. The van der Waals surface area contributed by atoms with E-state index in [1.165, 1.54) is 5.54 Å². The Morgan fingerprint density at radius 1 is 1.53 bits per heavy atom. The van der Waals surface area contributed by atoms with Crippen LogP contribution in [0.3, 0.4) is 0 Å². The molecular weight excluding hydrogens is 216 g/mol. The predicted molar refractivity (Wildman–Crippen MR) is 58.3 cm³/mol. The van der Waals surface area contributed by atoms with E-state index in [4.69, 9.17) is 21.4 Å². The van der Waals surface area contributed by atoms with E-state index in [9.17, 15) is 4.79 Å². The first-order valence-corrected chi connectivity index (χ1v) is 4.85. The second kappa shape index (κ2) is 6.09. The molecule has 1 N–H and O–H groups in total. The number of ether oxygens (including phenoxy) is 1. The number of hydrogen-bond acceptors (Lipinski definition) is 2. The van der Waals surface area contributed by atoms with Crippen molar-refractivity contribution >= 4 is 17.6 Å². The van der Waals surface area contributed by atoms with Crippen LogP contribution < -0.4 is 4.74 Å². The third-order valence-corrected chi connectivity index (χ3v) is 1.87. The van der Waals surface area contributed by atoms with E-state index in [2.05, 4.69) is 0 Å². The first-order chi connectivity index (χ1) is 7.22. The van der Waals surface area contributed by atoms with Gasteiger partial charge in [0.1, 0.15) is 12.4 Å². The highest BCUT2D eigenvalue weighted by Gasteiger charge is 2.01. The van der Waals surface area contributed by atoms with Gasteiger partial charge in [0.05, 0.1) is 6.42 Å². The standard InChI is InChI=1S/C11H11ClO3/c12-5-2-6-15-10-4-1-3-9(7-10)8-11(13)14/h1-5,7H,6,8H2,(H,13,14)/b5-2+. The first-order valence-electron chi connectivity index (χ1n) is 4.41. The summed E-state index contributed by atoms with van der Waals surface area (Å²) >= 11 is 5.33. The van der Waals surface area contributed by atoms with Crippen LogP contribution in [0, 0.1) is 0 Å². The minimum absolute atomic E-state index is 0.00253. The fourth-order valence-electron chi connectivity index (χ4n) is 1.10. The fourth-order valence-corrected chi connectivity index (χ4v) is 1.17. The molecule has 0 unspecified atom stereocenters. The predicted octanol–water partition coefficient (Wildman–Crippen LogP) is 2.45. The van der Waals surface area contributed by atoms with Crippen LogP contribution in [-0.2, 0) is 11.2 Å². The summed E-state index contributed by atoms with van der Waals surface area (Å²) in [5.74, 6) is -0.212. The average Bonchev–Trinajstić information content (AvgIpc) is 2.18. The van der Waals surface area contributed by atoms with Crippen LogP contribution in [0.4, 0.5) is 0 Å². The zero-order valence-corrected chi connectivity index (χ0v) is 8.78. The molecule has 0 atom stereocenters. The van der Waals surface area contributed by atoms with Crippen LogP contribution in [0.15, 0.2) is 35.9 Å². The van der Waals surface area contributed by atoms with Gasteiger partial charge >= 0.3 is 5.97 Å². The van der Waals surface area contributed by atoms with Gasteiger partial charge in [0.25, 0.3) is 0 Å². The van der Waals surface area contributed by atoms with Crippen molar-refractivity contribution in [3.05, 3.63) is 41.4 Å². The fraction of sp³-hybridized carbons (Fsp3) is 0.182. The second-order valence-corrected chi connectivity index (χ2v) is 3.14. The van der Waals surface area contributed by atoms with Crippen molar-refractivity contribution in [2.45, 2.75) is 6.42 Å². The molecule has 15 heavy (non-hydrogen) atoms. The summed E-state index contributed by atoms with van der Waals surface area (Å²) in [7, 11) is 0. The van der Waals surface area contributed by atoms with E-state index in [0.717, 1.165) is 5.56 Å². The largest absolute Gasteiger partial charge is 0.489 e. The minimum atomic E-state index is -0.854. The number of carbonyl (C=O) groups is 1. The summed E-state index contributed by atoms with van der Waals surface area (Å²) in [5, 5.41) is 8.60. The van der Waals surface area contributed by atoms with Gasteiger partial charge in [0.2, 0.25) is 0 Å². The molecule has 0 radical (unpaired) electrons. The van der Waals surface area contributed by atoms with E-state index in [1.54, 1.807) is 30.3 Å². The van der Waals surface area contributed by atoms with E-state index < -0.39 is 5.97 Å². The van der Waals surface area contributed by atoms with Crippen molar-refractivity contribution in [3.8, 4) is 5.75 Å². The minimum Gasteiger partial charge on any atom is -0.489 e. The summed E-state index contributed by atoms with van der Waals surface area (Å²) in [4.78, 5) is 10.5. The number of carboxylic acids is 1. The Bertz CT molecular complexity index is 361. The summed E-state index contributed by atoms with van der Waals surface area (Å²) in [6, 6.07) is 6.99. The van der Waals surface area contributed by atoms with Gasteiger partial charge in [-0.25, -0.2) is 0 Å². The van der Waals surface area contributed by atoms with Crippen LogP contribution in [0.1, 0.15) is 5.56 Å². The molecule has 80 valence electrons. The summed E-state index contributed by atoms with van der Waals surface area (Å²) in [6.45, 7) is 0.375. The van der Waals surface area contributed by atoms with Crippen LogP contribution >= 0.6 is 11.6 Å². The van der Waals surface area contributed by atoms with Crippen LogP contribution in [-0.4, -0.2) is 17.7 Å². The molecule has 0 saturated heterocycles. The Morgan fingerprint density at radius 2 is 2.33 bits per heavy atom. The quantitative estimate of drug-likeness (QED) is 0.839. The lowest BCUT2D eigenvalue weighted by Crippen LogP contribution is -2.00. The third-order valence-electron chi connectivity index (χ3n) is 1.69. The van der Waals surface area contributed by atoms with Gasteiger partial charge in [-0.05, 0) is 23.8 Å². The van der Waals surface area contributed by atoms with E-state index in [-0.39, 0.29) is 6.42 Å². The molecular formula is C11H11ClO3. The summed E-state index contributed by atoms with van der Waals surface area (Å²) < 4.78 is 5.30. The lowest BCUT2D eigenvalue weighted by molar-refractivity contribution is -0.136. The van der Waals surface area contributed by atoms with E-state index in [1.807, 2.05) is 0 Å². The highest BCUT2D eigenvalue weighted by molar-refractivity contribution is 6.25. The van der Waals surface area contributed by atoms with Crippen molar-refractivity contribution in [2.24, 2.45) is 0 Å². The van der Waals surface area contributed by atoms with Gasteiger partial charge in [-0.1, -0.05) is 23.7 Å². The normalized spacial score (nSPS) is 10.5. The topological polar surface area (TPSA) is 46.5 Å². The molecule has 0 heterocycles. The molecule has 0 aliphatic rings. The summed E-state index contributed by atoms with van der Waals surface area (Å²) in [5.41, 5.74) is 2.09. The molecule has 3 nitrogen and oxygen atoms in total. The van der Waals surface area contributed by atoms with Gasteiger partial charge in [-0.15, -0.1) is 0 Å². The van der Waals surface area contributed by atoms with Gasteiger partial charge in [0.15, 0.2) is 0 Å². The smallest absolute Gasteiger partial charge is 0.307 e. The average molecular weight is 227 g/mol. The lowest BCUT2D eigenvalue weighted by atomic mass is 10.1. The summed E-state index contributed by atoms with van der Waals surface area (Å²) in [6.07, 6.45) is 1.66. The molecule has 0 saturated carbocycles. The number of hydrogen-bond donors (Lipinski definition) is 1. The molecule has 0 amide bonds. The van der Waals surface area contributed by atoms with E-state index in [0.29, 0.717) is 12.4 Å². The molecule has 0 fully saturated rings. The molecule has 4 heteroatoms. The molecule has 1 aromatic rings. The number of rotatable bonds is 5. The van der Waals surface area contributed by atoms with Crippen LogP contribution in [0.25, 0.3) is 0 Å². The highest BCUT2D eigenvalue weighted by Crippen LogP contribution is 2.13. The third kappa shape index (κ3) is 4.51. The van der Waals surface area contributed by atoms with Gasteiger partial charge in [-0.3, -0.25) is 4.79 Å². The van der Waals surface area contributed by atoms with Gasteiger partial charge < -0.3 is 9.84 Å². The molecule has 0 bridgehead atoms. The molecule has 0 spiro atoms. The van der Waals surface area contributed by atoms with Crippen molar-refractivity contribution in [1.82, 2.24) is 0 Å². The maximum atomic E-state index is 10.5. The SMILES string of the molecule is O=C(O)Cc1cccc(OC/C=C/Cl)c1. The number of aliphatic carboxylic acids is 1. The van der Waals surface area contributed by atoms with Crippen LogP contribution in [0.5, 0.6) is 5.75 Å². The Labute approximate surface area is 92.9 Å². The van der Waals surface area contributed by atoms with Crippen molar-refractivity contribution in [3.63, 3.8) is 0 Å². The lowest BCUT2D eigenvalue weighted by Gasteiger charge is -2.04. The number of halogens is 1. The monoisotopic (exact) mass is 226 g/mol. The van der Waals surface area contributed by atoms with Crippen LogP contribution in [0.2, 0.25) is 0 Å². The first kappa shape index (κ1) is 11.6. The second-order valence-electron chi connectivity index (χ2n) is 2.89. The molecule has 0 aliphatic carbocycles. The highest BCUT2D eigenvalue weighted by atomic mass is 35.5. The molecule has 1 aromatic carbocycles. The maximum Gasteiger partial charge on any atom is 0.307 e. The zero-order chi connectivity index (χ0) is 11.1. The Hall–Kier alpha value is -1.48. The Kier molecular flexibility index (Phi) is 4.71.